The van der Waals surface area contributed by atoms with Gasteiger partial charge in [0.05, 0.1) is 10.6 Å². The summed E-state index contributed by atoms with van der Waals surface area (Å²) in [5.41, 5.74) is 3.90. The van der Waals surface area contributed by atoms with E-state index in [0.717, 1.165) is 26.6 Å². The Morgan fingerprint density at radius 2 is 1.54 bits per heavy atom. The third kappa shape index (κ3) is 6.38. The molecule has 0 bridgehead atoms. The molecule has 3 rings (SSSR count). The highest BCUT2D eigenvalue weighted by atomic mass is 32.2. The molecule has 3 aromatic rings. The Morgan fingerprint density at radius 3 is 2.16 bits per heavy atom. The average Bonchev–Trinajstić information content (AvgIpc) is 2.89. The molecule has 1 atom stereocenters. The van der Waals surface area contributed by atoms with Crippen LogP contribution in [0.25, 0.3) is 0 Å². The zero-order valence-corrected chi connectivity index (χ0v) is 22.9. The zero-order chi connectivity index (χ0) is 27.2. The van der Waals surface area contributed by atoms with Crippen LogP contribution in [0.1, 0.15) is 35.6 Å². The Balaban J connectivity index is 2.11. The normalized spacial score (nSPS) is 12.0. The molecule has 0 saturated carbocycles. The van der Waals surface area contributed by atoms with Crippen molar-refractivity contribution in [3.05, 3.63) is 95.1 Å². The number of carbonyl (C=O) groups excluding carboxylic acids is 2. The summed E-state index contributed by atoms with van der Waals surface area (Å²) in [6.07, 6.45) is 0.381. The largest absolute Gasteiger partial charge is 0.357 e. The highest BCUT2D eigenvalue weighted by molar-refractivity contribution is 7.92. The molecule has 37 heavy (non-hydrogen) atoms. The summed E-state index contributed by atoms with van der Waals surface area (Å²) in [7, 11) is -2.54. The van der Waals surface area contributed by atoms with Gasteiger partial charge in [-0.15, -0.1) is 0 Å². The summed E-state index contributed by atoms with van der Waals surface area (Å²) < 4.78 is 28.9. The van der Waals surface area contributed by atoms with Crippen LogP contribution in [0.4, 0.5) is 5.69 Å². The number of hydrogen-bond acceptors (Lipinski definition) is 4. The van der Waals surface area contributed by atoms with Crippen LogP contribution in [0, 0.1) is 20.8 Å². The molecule has 0 aliphatic rings. The minimum atomic E-state index is -4.08. The SMILES string of the molecule is CC[C@@H](C(=O)NC)N(Cc1ccccc1C)C(=O)CN(c1cc(C)ccc1C)S(=O)(=O)c1ccccc1. The predicted molar refractivity (Wildman–Crippen MR) is 147 cm³/mol. The predicted octanol–water partition coefficient (Wildman–Crippen LogP) is 4.36. The smallest absolute Gasteiger partial charge is 0.264 e. The van der Waals surface area contributed by atoms with Crippen LogP contribution >= 0.6 is 0 Å². The van der Waals surface area contributed by atoms with Crippen molar-refractivity contribution < 1.29 is 18.0 Å². The van der Waals surface area contributed by atoms with Crippen LogP contribution < -0.4 is 9.62 Å². The molecule has 0 heterocycles. The second-order valence-corrected chi connectivity index (χ2v) is 11.0. The molecular weight excluding hydrogens is 486 g/mol. The summed E-state index contributed by atoms with van der Waals surface area (Å²) in [6.45, 7) is 7.21. The van der Waals surface area contributed by atoms with Crippen molar-refractivity contribution in [3.63, 3.8) is 0 Å². The van der Waals surface area contributed by atoms with Crippen molar-refractivity contribution in [2.75, 3.05) is 17.9 Å². The van der Waals surface area contributed by atoms with Crippen molar-refractivity contribution in [1.82, 2.24) is 10.2 Å². The highest BCUT2D eigenvalue weighted by Gasteiger charge is 2.34. The first-order chi connectivity index (χ1) is 17.6. The number of likely N-dealkylation sites (N-methyl/N-ethyl adjacent to an activating group) is 1. The number of rotatable bonds is 10. The van der Waals surface area contributed by atoms with E-state index in [2.05, 4.69) is 5.32 Å². The maximum absolute atomic E-state index is 14.0. The molecule has 0 saturated heterocycles. The molecule has 0 aliphatic carbocycles. The van der Waals surface area contributed by atoms with Crippen LogP contribution in [0.5, 0.6) is 0 Å². The third-order valence-corrected chi connectivity index (χ3v) is 8.25. The first-order valence-electron chi connectivity index (χ1n) is 12.3. The van der Waals surface area contributed by atoms with Crippen molar-refractivity contribution in [2.24, 2.45) is 0 Å². The number of amides is 2. The number of carbonyl (C=O) groups is 2. The molecule has 0 aliphatic heterocycles. The Morgan fingerprint density at radius 1 is 0.892 bits per heavy atom. The molecule has 2 amide bonds. The number of nitrogens with zero attached hydrogens (tertiary/aromatic N) is 2. The molecule has 0 spiro atoms. The summed E-state index contributed by atoms with van der Waals surface area (Å²) in [4.78, 5) is 28.4. The molecule has 7 nitrogen and oxygen atoms in total. The fourth-order valence-corrected chi connectivity index (χ4v) is 5.77. The summed E-state index contributed by atoms with van der Waals surface area (Å²) in [5.74, 6) is -0.757. The van der Waals surface area contributed by atoms with E-state index in [1.165, 1.54) is 24.1 Å². The quantitative estimate of drug-likeness (QED) is 0.430. The molecule has 196 valence electrons. The third-order valence-electron chi connectivity index (χ3n) is 6.48. The van der Waals surface area contributed by atoms with Gasteiger partial charge in [0.1, 0.15) is 12.6 Å². The lowest BCUT2D eigenvalue weighted by Gasteiger charge is -2.33. The molecule has 3 aromatic carbocycles. The molecular formula is C29H35N3O4S. The van der Waals surface area contributed by atoms with E-state index in [0.29, 0.717) is 12.1 Å². The lowest BCUT2D eigenvalue weighted by Crippen LogP contribution is -2.52. The van der Waals surface area contributed by atoms with Crippen molar-refractivity contribution in [2.45, 2.75) is 51.6 Å². The Hall–Kier alpha value is -3.65. The maximum atomic E-state index is 14.0. The molecule has 8 heteroatoms. The molecule has 0 radical (unpaired) electrons. The van der Waals surface area contributed by atoms with Crippen molar-refractivity contribution in [3.8, 4) is 0 Å². The standard InChI is InChI=1S/C29H35N3O4S/c1-6-26(29(34)30-5)31(19-24-13-11-10-12-22(24)3)28(33)20-32(27-18-21(2)16-17-23(27)4)37(35,36)25-14-8-7-9-15-25/h7-18,26H,6,19-20H2,1-5H3,(H,30,34)/t26-/m0/s1. The number of benzene rings is 3. The monoisotopic (exact) mass is 521 g/mol. The van der Waals surface area contributed by atoms with Crippen LogP contribution in [-0.4, -0.2) is 44.8 Å². The number of aryl methyl sites for hydroxylation is 3. The molecule has 1 N–H and O–H groups in total. The molecule has 0 aromatic heterocycles. The van der Waals surface area contributed by atoms with Crippen LogP contribution in [0.2, 0.25) is 0 Å². The lowest BCUT2D eigenvalue weighted by atomic mass is 10.1. The van der Waals surface area contributed by atoms with E-state index < -0.39 is 28.5 Å². The van der Waals surface area contributed by atoms with E-state index in [4.69, 9.17) is 0 Å². The highest BCUT2D eigenvalue weighted by Crippen LogP contribution is 2.28. The topological polar surface area (TPSA) is 86.8 Å². The first-order valence-corrected chi connectivity index (χ1v) is 13.7. The van der Waals surface area contributed by atoms with Crippen molar-refractivity contribution >= 4 is 27.5 Å². The van der Waals surface area contributed by atoms with Gasteiger partial charge < -0.3 is 10.2 Å². The number of anilines is 1. The van der Waals surface area contributed by atoms with Crippen LogP contribution in [-0.2, 0) is 26.2 Å². The van der Waals surface area contributed by atoms with Crippen LogP contribution in [0.15, 0.2) is 77.7 Å². The van der Waals surface area contributed by atoms with Gasteiger partial charge in [0.15, 0.2) is 0 Å². The van der Waals surface area contributed by atoms with E-state index in [9.17, 15) is 18.0 Å². The van der Waals surface area contributed by atoms with E-state index >= 15 is 0 Å². The Labute approximate surface area is 220 Å². The molecule has 0 unspecified atom stereocenters. The van der Waals surface area contributed by atoms with Gasteiger partial charge in [0.25, 0.3) is 10.0 Å². The Bertz CT molecular complexity index is 1360. The summed E-state index contributed by atoms with van der Waals surface area (Å²) in [6, 6.07) is 20.5. The number of hydrogen-bond donors (Lipinski definition) is 1. The fourth-order valence-electron chi connectivity index (χ4n) is 4.28. The van der Waals surface area contributed by atoms with Crippen molar-refractivity contribution in [1.29, 1.82) is 0 Å². The minimum absolute atomic E-state index is 0.0903. The zero-order valence-electron chi connectivity index (χ0n) is 22.1. The van der Waals surface area contributed by atoms with Gasteiger partial charge >= 0.3 is 0 Å². The van der Waals surface area contributed by atoms with E-state index in [-0.39, 0.29) is 17.3 Å². The summed E-state index contributed by atoms with van der Waals surface area (Å²) in [5, 5.41) is 2.64. The fraction of sp³-hybridized carbons (Fsp3) is 0.310. The minimum Gasteiger partial charge on any atom is -0.357 e. The first kappa shape index (κ1) is 27.9. The van der Waals surface area contributed by atoms with Gasteiger partial charge in [0.2, 0.25) is 11.8 Å². The second kappa shape index (κ2) is 12.1. The maximum Gasteiger partial charge on any atom is 0.264 e. The van der Waals surface area contributed by atoms with Gasteiger partial charge in [0, 0.05) is 13.6 Å². The van der Waals surface area contributed by atoms with Gasteiger partial charge in [-0.05, 0) is 67.6 Å². The Kier molecular flexibility index (Phi) is 9.10. The van der Waals surface area contributed by atoms with Gasteiger partial charge in [-0.1, -0.05) is 61.5 Å². The van der Waals surface area contributed by atoms with Gasteiger partial charge in [-0.25, -0.2) is 8.42 Å². The van der Waals surface area contributed by atoms with Crippen LogP contribution in [0.3, 0.4) is 0 Å². The second-order valence-electron chi connectivity index (χ2n) is 9.10. The number of nitrogens with one attached hydrogen (secondary N) is 1. The van der Waals surface area contributed by atoms with Gasteiger partial charge in [-0.2, -0.15) is 0 Å². The average molecular weight is 522 g/mol. The lowest BCUT2D eigenvalue weighted by molar-refractivity contribution is -0.140. The molecule has 0 fully saturated rings. The number of sulfonamides is 1. The summed E-state index contributed by atoms with van der Waals surface area (Å²) >= 11 is 0. The van der Waals surface area contributed by atoms with E-state index in [1.54, 1.807) is 24.3 Å². The van der Waals surface area contributed by atoms with E-state index in [1.807, 2.05) is 64.1 Å². The van der Waals surface area contributed by atoms with Gasteiger partial charge in [-0.3, -0.25) is 13.9 Å².